The first-order valence-electron chi connectivity index (χ1n) is 9.62. The summed E-state index contributed by atoms with van der Waals surface area (Å²) < 4.78 is 5.27. The second kappa shape index (κ2) is 8.80. The van der Waals surface area contributed by atoms with Gasteiger partial charge in [0, 0.05) is 18.8 Å². The smallest absolute Gasteiger partial charge is 0.319 e. The Balaban J connectivity index is 1.59. The summed E-state index contributed by atoms with van der Waals surface area (Å²) in [7, 11) is 1.59. The fraction of sp³-hybridized carbons (Fsp3) is 0.409. The fourth-order valence-electron chi connectivity index (χ4n) is 3.58. The molecule has 1 heterocycles. The number of carbonyl (C=O) groups excluding carboxylic acids is 1. The molecule has 3 rings (SSSR count). The van der Waals surface area contributed by atoms with Crippen molar-refractivity contribution >= 4 is 17.4 Å². The molecular formula is C22H29N3O2. The van der Waals surface area contributed by atoms with Gasteiger partial charge in [0.05, 0.1) is 18.8 Å². The molecule has 2 atom stereocenters. The number of para-hydroxylation sites is 2. The molecule has 2 N–H and O–H groups in total. The van der Waals surface area contributed by atoms with Gasteiger partial charge in [-0.2, -0.15) is 0 Å². The number of amides is 2. The van der Waals surface area contributed by atoms with Crippen LogP contribution in [-0.2, 0) is 0 Å². The van der Waals surface area contributed by atoms with Crippen LogP contribution in [-0.4, -0.2) is 26.2 Å². The number of piperidine rings is 1. The normalized spacial score (nSPS) is 17.9. The van der Waals surface area contributed by atoms with Gasteiger partial charge in [0.15, 0.2) is 0 Å². The third-order valence-corrected chi connectivity index (χ3v) is 5.12. The van der Waals surface area contributed by atoms with E-state index in [-0.39, 0.29) is 12.1 Å². The number of anilines is 2. The van der Waals surface area contributed by atoms with E-state index in [9.17, 15) is 4.79 Å². The van der Waals surface area contributed by atoms with E-state index in [1.807, 2.05) is 31.2 Å². The molecule has 0 aliphatic carbocycles. The number of hydrogen-bond donors (Lipinski definition) is 2. The van der Waals surface area contributed by atoms with E-state index in [4.69, 9.17) is 4.74 Å². The molecule has 0 saturated carbocycles. The van der Waals surface area contributed by atoms with Crippen LogP contribution >= 0.6 is 0 Å². The van der Waals surface area contributed by atoms with Crippen molar-refractivity contribution in [3.8, 4) is 5.75 Å². The number of carbonyl (C=O) groups is 1. The zero-order chi connectivity index (χ0) is 19.2. The van der Waals surface area contributed by atoms with E-state index < -0.39 is 0 Å². The molecule has 1 aliphatic heterocycles. The number of urea groups is 1. The van der Waals surface area contributed by atoms with Crippen molar-refractivity contribution in [1.82, 2.24) is 5.32 Å². The van der Waals surface area contributed by atoms with Crippen LogP contribution in [0, 0.1) is 5.92 Å². The summed E-state index contributed by atoms with van der Waals surface area (Å²) in [5.41, 5.74) is 2.99. The first-order chi connectivity index (χ1) is 13.1. The Bertz CT molecular complexity index is 760. The minimum Gasteiger partial charge on any atom is -0.495 e. The van der Waals surface area contributed by atoms with Gasteiger partial charge in [-0.25, -0.2) is 4.79 Å². The maximum Gasteiger partial charge on any atom is 0.319 e. The summed E-state index contributed by atoms with van der Waals surface area (Å²) in [4.78, 5) is 14.8. The van der Waals surface area contributed by atoms with E-state index in [1.165, 1.54) is 18.5 Å². The molecule has 0 aromatic heterocycles. The van der Waals surface area contributed by atoms with Crippen LogP contribution in [0.3, 0.4) is 0 Å². The Kier molecular flexibility index (Phi) is 6.22. The molecule has 2 amide bonds. The van der Waals surface area contributed by atoms with Crippen molar-refractivity contribution in [3.05, 3.63) is 54.1 Å². The number of hydrogen-bond acceptors (Lipinski definition) is 3. The molecular weight excluding hydrogens is 338 g/mol. The molecule has 27 heavy (non-hydrogen) atoms. The lowest BCUT2D eigenvalue weighted by Crippen LogP contribution is -2.34. The number of nitrogens with one attached hydrogen (secondary N) is 2. The second-order valence-electron chi connectivity index (χ2n) is 7.31. The average molecular weight is 367 g/mol. The minimum atomic E-state index is -0.249. The molecule has 5 heteroatoms. The lowest BCUT2D eigenvalue weighted by atomic mass is 9.99. The van der Waals surface area contributed by atoms with Crippen LogP contribution in [0.15, 0.2) is 48.5 Å². The Labute approximate surface area is 161 Å². The Hall–Kier alpha value is -2.69. The maximum absolute atomic E-state index is 12.3. The van der Waals surface area contributed by atoms with Gasteiger partial charge in [-0.1, -0.05) is 31.2 Å². The van der Waals surface area contributed by atoms with Crippen molar-refractivity contribution in [1.29, 1.82) is 0 Å². The Morgan fingerprint density at radius 2 is 1.93 bits per heavy atom. The van der Waals surface area contributed by atoms with Crippen LogP contribution in [0.5, 0.6) is 5.75 Å². The van der Waals surface area contributed by atoms with Gasteiger partial charge in [-0.3, -0.25) is 0 Å². The quantitative estimate of drug-likeness (QED) is 0.797. The predicted molar refractivity (Wildman–Crippen MR) is 111 cm³/mol. The monoisotopic (exact) mass is 367 g/mol. The van der Waals surface area contributed by atoms with E-state index in [1.54, 1.807) is 7.11 Å². The van der Waals surface area contributed by atoms with Crippen LogP contribution in [0.1, 0.15) is 38.3 Å². The number of methoxy groups -OCH3 is 1. The second-order valence-corrected chi connectivity index (χ2v) is 7.31. The van der Waals surface area contributed by atoms with Gasteiger partial charge < -0.3 is 20.3 Å². The first kappa shape index (κ1) is 19.1. The summed E-state index contributed by atoms with van der Waals surface area (Å²) in [6.45, 7) is 6.54. The highest BCUT2D eigenvalue weighted by molar-refractivity contribution is 5.91. The molecule has 5 nitrogen and oxygen atoms in total. The van der Waals surface area contributed by atoms with Crippen molar-refractivity contribution in [2.24, 2.45) is 5.92 Å². The summed E-state index contributed by atoms with van der Waals surface area (Å²) in [5, 5.41) is 5.83. The third kappa shape index (κ3) is 4.94. The predicted octanol–water partition coefficient (Wildman–Crippen LogP) is 4.81. The van der Waals surface area contributed by atoms with E-state index >= 15 is 0 Å². The molecule has 144 valence electrons. The zero-order valence-electron chi connectivity index (χ0n) is 16.4. The molecule has 2 aromatic rings. The van der Waals surface area contributed by atoms with Gasteiger partial charge >= 0.3 is 6.03 Å². The standard InChI is InChI=1S/C22H29N3O2/c1-16-7-6-14-25(15-16)19-12-10-18(11-13-19)17(2)23-22(26)24-20-8-4-5-9-21(20)27-3/h4-5,8-13,16-17H,6-7,14-15H2,1-3H3,(H2,23,24,26)/t16-,17-/m0/s1. The highest BCUT2D eigenvalue weighted by Crippen LogP contribution is 2.25. The summed E-state index contributed by atoms with van der Waals surface area (Å²) in [5.74, 6) is 1.39. The summed E-state index contributed by atoms with van der Waals surface area (Å²) >= 11 is 0. The topological polar surface area (TPSA) is 53.6 Å². The SMILES string of the molecule is COc1ccccc1NC(=O)N[C@@H](C)c1ccc(N2CCC[C@H](C)C2)cc1. The van der Waals surface area contributed by atoms with Crippen molar-refractivity contribution in [2.75, 3.05) is 30.4 Å². The Morgan fingerprint density at radius 3 is 2.63 bits per heavy atom. The van der Waals surface area contributed by atoms with E-state index in [2.05, 4.69) is 46.7 Å². The number of ether oxygens (including phenoxy) is 1. The first-order valence-corrected chi connectivity index (χ1v) is 9.62. The molecule has 0 radical (unpaired) electrons. The number of benzene rings is 2. The van der Waals surface area contributed by atoms with Gasteiger partial charge in [0.25, 0.3) is 0 Å². The highest BCUT2D eigenvalue weighted by atomic mass is 16.5. The number of rotatable bonds is 5. The molecule has 0 unspecified atom stereocenters. The average Bonchev–Trinajstić information content (AvgIpc) is 2.68. The highest BCUT2D eigenvalue weighted by Gasteiger charge is 2.17. The van der Waals surface area contributed by atoms with Gasteiger partial charge in [-0.15, -0.1) is 0 Å². The van der Waals surface area contributed by atoms with Gasteiger partial charge in [0.2, 0.25) is 0 Å². The van der Waals surface area contributed by atoms with Crippen molar-refractivity contribution < 1.29 is 9.53 Å². The van der Waals surface area contributed by atoms with Gasteiger partial charge in [-0.05, 0) is 55.5 Å². The minimum absolute atomic E-state index is 0.0889. The lowest BCUT2D eigenvalue weighted by molar-refractivity contribution is 0.249. The fourth-order valence-corrected chi connectivity index (χ4v) is 3.58. The molecule has 2 aromatic carbocycles. The lowest BCUT2D eigenvalue weighted by Gasteiger charge is -2.33. The van der Waals surface area contributed by atoms with Crippen molar-refractivity contribution in [2.45, 2.75) is 32.7 Å². The van der Waals surface area contributed by atoms with E-state index in [0.717, 1.165) is 24.6 Å². The zero-order valence-corrected chi connectivity index (χ0v) is 16.4. The largest absolute Gasteiger partial charge is 0.495 e. The summed E-state index contributed by atoms with van der Waals surface area (Å²) in [6, 6.07) is 15.5. The van der Waals surface area contributed by atoms with Crippen molar-refractivity contribution in [3.63, 3.8) is 0 Å². The van der Waals surface area contributed by atoms with E-state index in [0.29, 0.717) is 11.4 Å². The molecule has 1 saturated heterocycles. The molecule has 1 fully saturated rings. The molecule has 0 spiro atoms. The third-order valence-electron chi connectivity index (χ3n) is 5.12. The van der Waals surface area contributed by atoms with Crippen LogP contribution in [0.4, 0.5) is 16.2 Å². The maximum atomic E-state index is 12.3. The Morgan fingerprint density at radius 1 is 1.19 bits per heavy atom. The molecule has 1 aliphatic rings. The number of nitrogens with zero attached hydrogens (tertiary/aromatic N) is 1. The molecule has 0 bridgehead atoms. The summed E-state index contributed by atoms with van der Waals surface area (Å²) in [6.07, 6.45) is 2.57. The van der Waals surface area contributed by atoms with Crippen LogP contribution < -0.4 is 20.3 Å². The van der Waals surface area contributed by atoms with Crippen LogP contribution in [0.2, 0.25) is 0 Å². The van der Waals surface area contributed by atoms with Crippen LogP contribution in [0.25, 0.3) is 0 Å². The van der Waals surface area contributed by atoms with Gasteiger partial charge in [0.1, 0.15) is 5.75 Å².